The van der Waals surface area contributed by atoms with Crippen molar-refractivity contribution in [2.45, 2.75) is 17.4 Å². The van der Waals surface area contributed by atoms with Crippen LogP contribution in [0.25, 0.3) is 11.1 Å². The smallest absolute Gasteiger partial charge is 0.408 e. The number of rotatable bonds is 3. The maximum Gasteiger partial charge on any atom is 0.419 e. The van der Waals surface area contributed by atoms with Crippen molar-refractivity contribution in [1.29, 1.82) is 0 Å². The van der Waals surface area contributed by atoms with E-state index in [9.17, 15) is 13.2 Å². The fraction of sp³-hybridized carbons (Fsp3) is 0.462. The van der Waals surface area contributed by atoms with Crippen molar-refractivity contribution in [1.82, 2.24) is 14.2 Å². The highest BCUT2D eigenvalue weighted by atomic mass is 32.2. The molecular weight excluding hydrogens is 294 g/mol. The third kappa shape index (κ3) is 2.61. The largest absolute Gasteiger partial charge is 0.419 e. The lowest BCUT2D eigenvalue weighted by Crippen LogP contribution is -2.36. The van der Waals surface area contributed by atoms with E-state index in [4.69, 9.17) is 4.42 Å². The highest BCUT2D eigenvalue weighted by Crippen LogP contribution is 2.19. The minimum atomic E-state index is -3.61. The number of benzene rings is 1. The second-order valence-electron chi connectivity index (χ2n) is 5.43. The number of likely N-dealkylation sites (tertiary alicyclic amines) is 1. The van der Waals surface area contributed by atoms with E-state index in [-0.39, 0.29) is 16.5 Å². The number of aromatic nitrogens is 1. The van der Waals surface area contributed by atoms with E-state index in [2.05, 4.69) is 9.62 Å². The molecule has 1 saturated heterocycles. The summed E-state index contributed by atoms with van der Waals surface area (Å²) in [4.78, 5) is 13.6. The van der Waals surface area contributed by atoms with Crippen LogP contribution < -0.4 is 10.5 Å². The second kappa shape index (κ2) is 4.97. The van der Waals surface area contributed by atoms with Crippen LogP contribution in [0.15, 0.2) is 32.3 Å². The van der Waals surface area contributed by atoms with Gasteiger partial charge in [-0.15, -0.1) is 0 Å². The molecule has 0 radical (unpaired) electrons. The summed E-state index contributed by atoms with van der Waals surface area (Å²) in [6, 6.07) is 4.37. The molecule has 21 heavy (non-hydrogen) atoms. The molecule has 2 heterocycles. The normalized spacial score (nSPS) is 20.4. The van der Waals surface area contributed by atoms with Gasteiger partial charge in [0.1, 0.15) is 0 Å². The molecule has 0 aliphatic carbocycles. The van der Waals surface area contributed by atoms with E-state index >= 15 is 0 Å². The highest BCUT2D eigenvalue weighted by Gasteiger charge is 2.26. The third-order valence-electron chi connectivity index (χ3n) is 3.79. The Morgan fingerprint density at radius 1 is 1.33 bits per heavy atom. The Kier molecular flexibility index (Phi) is 3.39. The van der Waals surface area contributed by atoms with Gasteiger partial charge in [0.15, 0.2) is 5.58 Å². The maximum absolute atomic E-state index is 12.4. The average molecular weight is 311 g/mol. The lowest BCUT2D eigenvalue weighted by molar-refractivity contribution is 0.407. The number of sulfonamides is 1. The van der Waals surface area contributed by atoms with Gasteiger partial charge in [-0.05, 0) is 32.1 Å². The number of likely N-dealkylation sites (N-methyl/N-ethyl adjacent to an activating group) is 1. The van der Waals surface area contributed by atoms with E-state index in [0.29, 0.717) is 12.1 Å². The number of nitrogens with one attached hydrogen (secondary N) is 1. The Balaban J connectivity index is 1.93. The molecule has 1 fully saturated rings. The van der Waals surface area contributed by atoms with E-state index in [0.717, 1.165) is 13.0 Å². The third-order valence-corrected chi connectivity index (χ3v) is 5.31. The first-order chi connectivity index (χ1) is 9.87. The van der Waals surface area contributed by atoms with Crippen molar-refractivity contribution in [3.8, 4) is 0 Å². The molecule has 1 unspecified atom stereocenters. The number of nitrogens with zero attached hydrogens (tertiary/aromatic N) is 2. The van der Waals surface area contributed by atoms with Gasteiger partial charge in [-0.2, -0.15) is 0 Å². The van der Waals surface area contributed by atoms with Crippen molar-refractivity contribution in [3.63, 3.8) is 0 Å². The first-order valence-corrected chi connectivity index (χ1v) is 8.15. The first-order valence-electron chi connectivity index (χ1n) is 6.67. The van der Waals surface area contributed by atoms with Crippen molar-refractivity contribution < 1.29 is 12.8 Å². The molecule has 1 aliphatic heterocycles. The molecular formula is C13H17N3O4S. The molecule has 3 rings (SSSR count). The fourth-order valence-corrected chi connectivity index (χ4v) is 3.88. The average Bonchev–Trinajstić information content (AvgIpc) is 2.93. The monoisotopic (exact) mass is 311 g/mol. The molecule has 0 saturated carbocycles. The number of hydrogen-bond donors (Lipinski definition) is 1. The van der Waals surface area contributed by atoms with Gasteiger partial charge in [-0.25, -0.2) is 17.9 Å². The van der Waals surface area contributed by atoms with Crippen molar-refractivity contribution in [2.75, 3.05) is 20.1 Å². The van der Waals surface area contributed by atoms with Crippen LogP contribution in [0.2, 0.25) is 0 Å². The van der Waals surface area contributed by atoms with Crippen LogP contribution in [-0.2, 0) is 17.1 Å². The summed E-state index contributed by atoms with van der Waals surface area (Å²) in [5.41, 5.74) is 0.841. The predicted octanol–water partition coefficient (Wildman–Crippen LogP) is 0.114. The molecule has 8 heteroatoms. The lowest BCUT2D eigenvalue weighted by Gasteiger charge is -2.13. The summed E-state index contributed by atoms with van der Waals surface area (Å²) in [5, 5.41) is 0. The van der Waals surface area contributed by atoms with Gasteiger partial charge in [0.25, 0.3) is 0 Å². The summed E-state index contributed by atoms with van der Waals surface area (Å²) in [7, 11) is -0.0745. The predicted molar refractivity (Wildman–Crippen MR) is 77.7 cm³/mol. The van der Waals surface area contributed by atoms with E-state index in [1.807, 2.05) is 7.05 Å². The zero-order valence-electron chi connectivity index (χ0n) is 11.9. The van der Waals surface area contributed by atoms with Gasteiger partial charge >= 0.3 is 5.76 Å². The Bertz CT molecular complexity index is 837. The zero-order valence-corrected chi connectivity index (χ0v) is 12.7. The van der Waals surface area contributed by atoms with Crippen LogP contribution in [0, 0.1) is 0 Å². The first kappa shape index (κ1) is 14.3. The molecule has 1 N–H and O–H groups in total. The van der Waals surface area contributed by atoms with Gasteiger partial charge < -0.3 is 9.32 Å². The van der Waals surface area contributed by atoms with Gasteiger partial charge in [0.05, 0.1) is 10.4 Å². The Hall–Kier alpha value is -1.64. The van der Waals surface area contributed by atoms with Crippen LogP contribution in [0.4, 0.5) is 0 Å². The minimum Gasteiger partial charge on any atom is -0.408 e. The maximum atomic E-state index is 12.4. The van der Waals surface area contributed by atoms with Crippen molar-refractivity contribution in [3.05, 3.63) is 28.7 Å². The molecule has 114 valence electrons. The standard InChI is InChI=1S/C13H17N3O4S/c1-15-6-5-9(8-15)14-21(18,19)10-3-4-11-12(7-10)20-13(17)16(11)2/h3-4,7,9,14H,5-6,8H2,1-2H3. The lowest BCUT2D eigenvalue weighted by atomic mass is 10.3. The van der Waals surface area contributed by atoms with Gasteiger partial charge in [-0.1, -0.05) is 0 Å². The molecule has 1 aromatic carbocycles. The van der Waals surface area contributed by atoms with Crippen LogP contribution in [0.1, 0.15) is 6.42 Å². The number of oxazole rings is 1. The topological polar surface area (TPSA) is 84.6 Å². The zero-order chi connectivity index (χ0) is 15.2. The van der Waals surface area contributed by atoms with E-state index in [1.54, 1.807) is 13.1 Å². The van der Waals surface area contributed by atoms with Crippen LogP contribution in [0.5, 0.6) is 0 Å². The van der Waals surface area contributed by atoms with Crippen LogP contribution in [0.3, 0.4) is 0 Å². The quantitative estimate of drug-likeness (QED) is 0.870. The van der Waals surface area contributed by atoms with Crippen molar-refractivity contribution in [2.24, 2.45) is 7.05 Å². The number of aryl methyl sites for hydroxylation is 1. The summed E-state index contributed by atoms with van der Waals surface area (Å²) < 4.78 is 33.8. The molecule has 0 bridgehead atoms. The highest BCUT2D eigenvalue weighted by molar-refractivity contribution is 7.89. The van der Waals surface area contributed by atoms with Gasteiger partial charge in [0, 0.05) is 25.7 Å². The summed E-state index contributed by atoms with van der Waals surface area (Å²) in [6.07, 6.45) is 0.790. The molecule has 1 aliphatic rings. The molecule has 7 nitrogen and oxygen atoms in total. The fourth-order valence-electron chi connectivity index (χ4n) is 2.60. The van der Waals surface area contributed by atoms with Crippen LogP contribution >= 0.6 is 0 Å². The number of hydrogen-bond acceptors (Lipinski definition) is 5. The molecule has 1 atom stereocenters. The van der Waals surface area contributed by atoms with Crippen LogP contribution in [-0.4, -0.2) is 44.1 Å². The summed E-state index contributed by atoms with van der Waals surface area (Å²) in [6.45, 7) is 1.57. The molecule has 0 amide bonds. The summed E-state index contributed by atoms with van der Waals surface area (Å²) in [5.74, 6) is -0.509. The Morgan fingerprint density at radius 3 is 2.76 bits per heavy atom. The Morgan fingerprint density at radius 2 is 2.10 bits per heavy atom. The van der Waals surface area contributed by atoms with Crippen molar-refractivity contribution >= 4 is 21.1 Å². The SMILES string of the molecule is CN1CCC(NS(=O)(=O)c2ccc3c(c2)oc(=O)n3C)C1. The number of fused-ring (bicyclic) bond motifs is 1. The Labute approximate surface area is 122 Å². The van der Waals surface area contributed by atoms with E-state index in [1.165, 1.54) is 16.7 Å². The summed E-state index contributed by atoms with van der Waals surface area (Å²) >= 11 is 0. The minimum absolute atomic E-state index is 0.0847. The molecule has 0 spiro atoms. The molecule has 2 aromatic rings. The molecule has 1 aromatic heterocycles. The second-order valence-corrected chi connectivity index (χ2v) is 7.14. The van der Waals surface area contributed by atoms with Gasteiger partial charge in [0.2, 0.25) is 10.0 Å². The van der Waals surface area contributed by atoms with Gasteiger partial charge in [-0.3, -0.25) is 4.57 Å². The van der Waals surface area contributed by atoms with E-state index < -0.39 is 15.8 Å².